The Morgan fingerprint density at radius 2 is 1.95 bits per heavy atom. The first-order valence-corrected chi connectivity index (χ1v) is 6.52. The van der Waals surface area contributed by atoms with Crippen LogP contribution in [0.2, 0.25) is 0 Å². The molecule has 4 heteroatoms. The number of carbonyl (C=O) groups excluding carboxylic acids is 1. The van der Waals surface area contributed by atoms with Crippen molar-refractivity contribution in [2.75, 3.05) is 0 Å². The van der Waals surface area contributed by atoms with E-state index in [9.17, 15) is 10.1 Å². The van der Waals surface area contributed by atoms with Crippen molar-refractivity contribution in [1.29, 1.82) is 5.26 Å². The lowest BCUT2D eigenvalue weighted by Crippen LogP contribution is -2.36. The predicted octanol–water partition coefficient (Wildman–Crippen LogP) is 2.65. The number of nitrogens with zero attached hydrogens (tertiary/aromatic N) is 2. The molecule has 0 aromatic heterocycles. The molecule has 1 aromatic carbocycles. The van der Waals surface area contributed by atoms with Crippen molar-refractivity contribution in [2.45, 2.75) is 25.7 Å². The molecule has 3 rings (SSSR count). The number of benzene rings is 1. The van der Waals surface area contributed by atoms with Gasteiger partial charge < -0.3 is 4.84 Å². The van der Waals surface area contributed by atoms with Crippen molar-refractivity contribution >= 4 is 11.7 Å². The van der Waals surface area contributed by atoms with Gasteiger partial charge in [-0.25, -0.2) is 4.79 Å². The zero-order valence-electron chi connectivity index (χ0n) is 10.5. The summed E-state index contributed by atoms with van der Waals surface area (Å²) in [4.78, 5) is 16.9. The number of nitriles is 1. The van der Waals surface area contributed by atoms with Crippen molar-refractivity contribution in [2.24, 2.45) is 16.5 Å². The molecule has 0 spiro atoms. The fraction of sp³-hybridized carbons (Fsp3) is 0.400. The molecule has 1 fully saturated rings. The molecule has 1 aliphatic carbocycles. The van der Waals surface area contributed by atoms with Gasteiger partial charge in [-0.2, -0.15) is 5.26 Å². The summed E-state index contributed by atoms with van der Waals surface area (Å²) in [6.45, 7) is 0. The highest BCUT2D eigenvalue weighted by Crippen LogP contribution is 2.47. The van der Waals surface area contributed by atoms with Crippen LogP contribution in [-0.2, 0) is 9.63 Å². The molecule has 0 bridgehead atoms. The van der Waals surface area contributed by atoms with Crippen molar-refractivity contribution in [1.82, 2.24) is 0 Å². The molecule has 0 N–H and O–H groups in total. The van der Waals surface area contributed by atoms with Gasteiger partial charge in [-0.05, 0) is 12.8 Å². The summed E-state index contributed by atoms with van der Waals surface area (Å²) in [5, 5.41) is 13.5. The van der Waals surface area contributed by atoms with Gasteiger partial charge in [0.1, 0.15) is 11.6 Å². The highest BCUT2D eigenvalue weighted by molar-refractivity contribution is 6.14. The summed E-state index contributed by atoms with van der Waals surface area (Å²) in [7, 11) is 0. The van der Waals surface area contributed by atoms with Crippen molar-refractivity contribution < 1.29 is 9.63 Å². The fourth-order valence-corrected chi connectivity index (χ4v) is 3.10. The van der Waals surface area contributed by atoms with E-state index >= 15 is 0 Å². The Morgan fingerprint density at radius 3 is 2.58 bits per heavy atom. The number of hydrogen-bond acceptors (Lipinski definition) is 4. The maximum Gasteiger partial charge on any atom is 0.345 e. The standard InChI is InChI=1S/C15H14N2O2/c16-10-15(8-4-5-9-15)12-13(17-19-14(12)18)11-6-2-1-3-7-11/h1-3,6-7,12H,4-5,8-9H2. The third-order valence-electron chi connectivity index (χ3n) is 4.08. The van der Waals surface area contributed by atoms with E-state index in [1.807, 2.05) is 30.3 Å². The van der Waals surface area contributed by atoms with E-state index in [0.29, 0.717) is 5.71 Å². The summed E-state index contributed by atoms with van der Waals surface area (Å²) in [5.74, 6) is -0.926. The topological polar surface area (TPSA) is 62.5 Å². The summed E-state index contributed by atoms with van der Waals surface area (Å²) >= 11 is 0. The Balaban J connectivity index is 2.02. The van der Waals surface area contributed by atoms with Crippen molar-refractivity contribution in [3.05, 3.63) is 35.9 Å². The molecule has 0 saturated heterocycles. The van der Waals surface area contributed by atoms with Gasteiger partial charge in [0.25, 0.3) is 0 Å². The number of rotatable bonds is 2. The fourth-order valence-electron chi connectivity index (χ4n) is 3.10. The van der Waals surface area contributed by atoms with Crippen LogP contribution in [0.1, 0.15) is 31.2 Å². The molecule has 1 aliphatic heterocycles. The van der Waals surface area contributed by atoms with Crippen LogP contribution in [0.4, 0.5) is 0 Å². The molecule has 4 nitrogen and oxygen atoms in total. The third kappa shape index (κ3) is 1.82. The average molecular weight is 254 g/mol. The Morgan fingerprint density at radius 1 is 1.26 bits per heavy atom. The van der Waals surface area contributed by atoms with Gasteiger partial charge in [0.15, 0.2) is 0 Å². The van der Waals surface area contributed by atoms with Gasteiger partial charge in [-0.15, -0.1) is 0 Å². The van der Waals surface area contributed by atoms with Crippen LogP contribution in [0.3, 0.4) is 0 Å². The molecule has 1 unspecified atom stereocenters. The maximum absolute atomic E-state index is 12.0. The minimum absolute atomic E-state index is 0.387. The molecule has 2 aliphatic rings. The summed E-state index contributed by atoms with van der Waals surface area (Å²) in [6.07, 6.45) is 3.46. The first-order chi connectivity index (χ1) is 9.27. The second-order valence-corrected chi connectivity index (χ2v) is 5.16. The monoisotopic (exact) mass is 254 g/mol. The van der Waals surface area contributed by atoms with Crippen LogP contribution in [0.5, 0.6) is 0 Å². The smallest absolute Gasteiger partial charge is 0.317 e. The lowest BCUT2D eigenvalue weighted by Gasteiger charge is -2.25. The highest BCUT2D eigenvalue weighted by Gasteiger charge is 2.52. The summed E-state index contributed by atoms with van der Waals surface area (Å²) < 4.78 is 0. The van der Waals surface area contributed by atoms with E-state index in [1.165, 1.54) is 0 Å². The number of oxime groups is 1. The Bertz CT molecular complexity index is 566. The van der Waals surface area contributed by atoms with Crippen molar-refractivity contribution in [3.8, 4) is 6.07 Å². The largest absolute Gasteiger partial charge is 0.345 e. The van der Waals surface area contributed by atoms with Crippen LogP contribution in [0.25, 0.3) is 0 Å². The van der Waals surface area contributed by atoms with Gasteiger partial charge in [-0.3, -0.25) is 0 Å². The quantitative estimate of drug-likeness (QED) is 0.762. The van der Waals surface area contributed by atoms with E-state index in [4.69, 9.17) is 4.84 Å². The van der Waals surface area contributed by atoms with Crippen LogP contribution in [-0.4, -0.2) is 11.7 Å². The lowest BCUT2D eigenvalue weighted by molar-refractivity contribution is -0.145. The normalized spacial score (nSPS) is 24.7. The van der Waals surface area contributed by atoms with E-state index in [2.05, 4.69) is 11.2 Å². The molecular formula is C15H14N2O2. The number of carbonyl (C=O) groups is 1. The van der Waals surface area contributed by atoms with Gasteiger partial charge in [-0.1, -0.05) is 48.3 Å². The van der Waals surface area contributed by atoms with Gasteiger partial charge in [0, 0.05) is 5.56 Å². The molecule has 19 heavy (non-hydrogen) atoms. The van der Waals surface area contributed by atoms with Crippen LogP contribution in [0.15, 0.2) is 35.5 Å². The zero-order chi connectivity index (χ0) is 13.3. The predicted molar refractivity (Wildman–Crippen MR) is 69.1 cm³/mol. The third-order valence-corrected chi connectivity index (χ3v) is 4.08. The minimum Gasteiger partial charge on any atom is -0.317 e. The minimum atomic E-state index is -0.637. The Kier molecular flexibility index (Phi) is 2.83. The maximum atomic E-state index is 12.0. The summed E-state index contributed by atoms with van der Waals surface area (Å²) in [6, 6.07) is 11.9. The molecular weight excluding hydrogens is 240 g/mol. The van der Waals surface area contributed by atoms with Crippen LogP contribution in [0, 0.1) is 22.7 Å². The Hall–Kier alpha value is -2.15. The van der Waals surface area contributed by atoms with Crippen LogP contribution >= 0.6 is 0 Å². The van der Waals surface area contributed by atoms with Gasteiger partial charge >= 0.3 is 5.97 Å². The molecule has 1 aromatic rings. The molecule has 1 atom stereocenters. The van der Waals surface area contributed by atoms with E-state index in [-0.39, 0.29) is 5.97 Å². The second-order valence-electron chi connectivity index (χ2n) is 5.16. The Labute approximate surface area is 111 Å². The highest BCUT2D eigenvalue weighted by atomic mass is 16.7. The zero-order valence-corrected chi connectivity index (χ0v) is 10.5. The average Bonchev–Trinajstić information content (AvgIpc) is 3.07. The van der Waals surface area contributed by atoms with Gasteiger partial charge in [0.2, 0.25) is 0 Å². The molecule has 1 heterocycles. The number of hydrogen-bond donors (Lipinski definition) is 0. The van der Waals surface area contributed by atoms with Gasteiger partial charge in [0.05, 0.1) is 11.5 Å². The molecule has 0 radical (unpaired) electrons. The van der Waals surface area contributed by atoms with Crippen molar-refractivity contribution in [3.63, 3.8) is 0 Å². The molecule has 96 valence electrons. The summed E-state index contributed by atoms with van der Waals surface area (Å²) in [5.41, 5.74) is 0.830. The first-order valence-electron chi connectivity index (χ1n) is 6.52. The second kappa shape index (κ2) is 4.51. The lowest BCUT2D eigenvalue weighted by atomic mass is 9.71. The van der Waals surface area contributed by atoms with Crippen LogP contribution < -0.4 is 0 Å². The SMILES string of the molecule is N#CC1(C2C(=O)ON=C2c2ccccc2)CCCC1. The molecule has 1 saturated carbocycles. The first kappa shape index (κ1) is 11.9. The van der Waals surface area contributed by atoms with E-state index < -0.39 is 11.3 Å². The van der Waals surface area contributed by atoms with E-state index in [0.717, 1.165) is 31.2 Å². The molecule has 0 amide bonds. The van der Waals surface area contributed by atoms with E-state index in [1.54, 1.807) is 0 Å².